The molecule has 1 aromatic rings. The van der Waals surface area contributed by atoms with Gasteiger partial charge in [0, 0.05) is 19.5 Å². The third-order valence-corrected chi connectivity index (χ3v) is 6.10. The molecule has 1 saturated heterocycles. The van der Waals surface area contributed by atoms with Crippen molar-refractivity contribution < 1.29 is 33.8 Å². The van der Waals surface area contributed by atoms with Gasteiger partial charge in [0.05, 0.1) is 25.7 Å². The molecule has 13 heteroatoms. The van der Waals surface area contributed by atoms with Gasteiger partial charge in [0.1, 0.15) is 12.8 Å². The van der Waals surface area contributed by atoms with Crippen LogP contribution in [-0.4, -0.2) is 86.4 Å². The highest BCUT2D eigenvalue weighted by atomic mass is 16.5. The van der Waals surface area contributed by atoms with Crippen LogP contribution in [0.2, 0.25) is 0 Å². The van der Waals surface area contributed by atoms with Crippen LogP contribution in [0.5, 0.6) is 0 Å². The van der Waals surface area contributed by atoms with Gasteiger partial charge in [-0.3, -0.25) is 19.2 Å². The highest BCUT2D eigenvalue weighted by Gasteiger charge is 2.44. The Hall–Kier alpha value is -3.71. The molecule has 1 aliphatic carbocycles. The Morgan fingerprint density at radius 1 is 0.889 bits per heavy atom. The number of carboxylic acid groups (broad SMARTS) is 1. The van der Waals surface area contributed by atoms with E-state index in [1.807, 2.05) is 11.4 Å². The van der Waals surface area contributed by atoms with Gasteiger partial charge in [-0.2, -0.15) is 0 Å². The van der Waals surface area contributed by atoms with Crippen molar-refractivity contribution in [3.05, 3.63) is 35.9 Å². The smallest absolute Gasteiger partial charge is 0.405 e. The number of fused-ring (bicyclic) bond motifs is 2. The molecule has 0 spiro atoms. The molecule has 13 nitrogen and oxygen atoms in total. The molecule has 2 fully saturated rings. The molecule has 1 heterocycles. The van der Waals surface area contributed by atoms with Gasteiger partial charge < -0.3 is 41.7 Å². The van der Waals surface area contributed by atoms with E-state index in [9.17, 15) is 24.0 Å². The van der Waals surface area contributed by atoms with Crippen LogP contribution in [0.15, 0.2) is 30.3 Å². The number of carbonyl (C=O) groups is 5. The van der Waals surface area contributed by atoms with Crippen molar-refractivity contribution in [2.45, 2.75) is 25.0 Å². The summed E-state index contributed by atoms with van der Waals surface area (Å²) in [7, 11) is 0. The molecule has 0 radical (unpaired) electrons. The number of benzene rings is 1. The van der Waals surface area contributed by atoms with Crippen LogP contribution in [0.3, 0.4) is 0 Å². The Morgan fingerprint density at radius 3 is 2.19 bits per heavy atom. The van der Waals surface area contributed by atoms with Gasteiger partial charge in [0.2, 0.25) is 23.6 Å². The molecule has 2 bridgehead atoms. The Bertz CT molecular complexity index is 930. The summed E-state index contributed by atoms with van der Waals surface area (Å²) in [5.41, 5.74) is 0.783. The topological polar surface area (TPSA) is 187 Å². The van der Waals surface area contributed by atoms with E-state index in [-0.39, 0.29) is 25.8 Å². The second-order valence-electron chi connectivity index (χ2n) is 8.75. The van der Waals surface area contributed by atoms with E-state index < -0.39 is 48.9 Å². The second-order valence-corrected chi connectivity index (χ2v) is 8.75. The van der Waals surface area contributed by atoms with Crippen molar-refractivity contribution in [3.63, 3.8) is 0 Å². The van der Waals surface area contributed by atoms with E-state index >= 15 is 0 Å². The number of amides is 5. The maximum Gasteiger partial charge on any atom is 0.405 e. The van der Waals surface area contributed by atoms with Crippen LogP contribution in [0.4, 0.5) is 4.79 Å². The molecule has 1 saturated carbocycles. The monoisotopic (exact) mass is 504 g/mol. The van der Waals surface area contributed by atoms with E-state index in [0.717, 1.165) is 25.1 Å². The van der Waals surface area contributed by atoms with Gasteiger partial charge in [-0.15, -0.1) is 0 Å². The Morgan fingerprint density at radius 2 is 1.53 bits per heavy atom. The second kappa shape index (κ2) is 13.4. The summed E-state index contributed by atoms with van der Waals surface area (Å²) < 4.78 is 5.76. The molecule has 3 rings (SSSR count). The van der Waals surface area contributed by atoms with Crippen molar-refractivity contribution in [1.82, 2.24) is 31.9 Å². The zero-order valence-corrected chi connectivity index (χ0v) is 19.7. The van der Waals surface area contributed by atoms with E-state index in [1.165, 1.54) is 0 Å². The largest absolute Gasteiger partial charge is 0.465 e. The van der Waals surface area contributed by atoms with Crippen LogP contribution >= 0.6 is 0 Å². The lowest BCUT2D eigenvalue weighted by Gasteiger charge is -2.49. The third-order valence-electron chi connectivity index (χ3n) is 6.10. The minimum Gasteiger partial charge on any atom is -0.465 e. The molecule has 3 unspecified atom stereocenters. The maximum absolute atomic E-state index is 12.8. The van der Waals surface area contributed by atoms with Crippen molar-refractivity contribution >= 4 is 29.7 Å². The van der Waals surface area contributed by atoms with Gasteiger partial charge >= 0.3 is 6.09 Å². The molecule has 1 aromatic carbocycles. The molecule has 0 aromatic heterocycles. The summed E-state index contributed by atoms with van der Waals surface area (Å²) in [6, 6.07) is 7.99. The summed E-state index contributed by atoms with van der Waals surface area (Å²) in [6.07, 6.45) is 0.0783. The first-order valence-electron chi connectivity index (χ1n) is 11.8. The van der Waals surface area contributed by atoms with Crippen LogP contribution in [0.1, 0.15) is 12.0 Å². The lowest BCUT2D eigenvalue weighted by molar-refractivity contribution is -0.135. The third kappa shape index (κ3) is 8.50. The molecule has 2 aliphatic rings. The van der Waals surface area contributed by atoms with Gasteiger partial charge in [-0.25, -0.2) is 4.79 Å². The Kier molecular flexibility index (Phi) is 10.0. The predicted octanol–water partition coefficient (Wildman–Crippen LogP) is -2.09. The molecule has 3 atom stereocenters. The Labute approximate surface area is 208 Å². The average Bonchev–Trinajstić information content (AvgIpc) is 2.87. The van der Waals surface area contributed by atoms with Crippen LogP contribution < -0.4 is 31.9 Å². The average molecular weight is 505 g/mol. The van der Waals surface area contributed by atoms with E-state index in [4.69, 9.17) is 9.84 Å². The zero-order valence-electron chi connectivity index (χ0n) is 19.7. The normalized spacial score (nSPS) is 20.7. The molecule has 1 aliphatic heterocycles. The first-order chi connectivity index (χ1) is 17.3. The first-order valence-corrected chi connectivity index (χ1v) is 11.8. The molecule has 196 valence electrons. The van der Waals surface area contributed by atoms with Crippen molar-refractivity contribution in [3.8, 4) is 0 Å². The summed E-state index contributed by atoms with van der Waals surface area (Å²) in [5, 5.41) is 23.7. The zero-order chi connectivity index (χ0) is 25.9. The molecular weight excluding hydrogens is 472 g/mol. The molecule has 7 N–H and O–H groups in total. The Balaban J connectivity index is 1.43. The summed E-state index contributed by atoms with van der Waals surface area (Å²) in [6.45, 7) is 0.654. The first kappa shape index (κ1) is 26.9. The van der Waals surface area contributed by atoms with Gasteiger partial charge in [-0.05, 0) is 23.8 Å². The van der Waals surface area contributed by atoms with Gasteiger partial charge in [-0.1, -0.05) is 30.3 Å². The van der Waals surface area contributed by atoms with Gasteiger partial charge in [0.25, 0.3) is 0 Å². The fourth-order valence-corrected chi connectivity index (χ4v) is 4.24. The summed E-state index contributed by atoms with van der Waals surface area (Å²) >= 11 is 0. The predicted molar refractivity (Wildman–Crippen MR) is 126 cm³/mol. The van der Waals surface area contributed by atoms with Crippen molar-refractivity contribution in [1.29, 1.82) is 0 Å². The van der Waals surface area contributed by atoms with Crippen molar-refractivity contribution in [2.24, 2.45) is 11.8 Å². The lowest BCUT2D eigenvalue weighted by Crippen LogP contribution is -2.58. The van der Waals surface area contributed by atoms with Gasteiger partial charge in [0.15, 0.2) is 0 Å². The highest BCUT2D eigenvalue weighted by Crippen LogP contribution is 2.38. The molecule has 5 amide bonds. The lowest BCUT2D eigenvalue weighted by atomic mass is 9.69. The SMILES string of the molecule is O=C(O)NCC(=O)NCC(=O)NC(Cc1ccccc1)C(=O)NCC(=O)NCOC1C2CNCC1C2. The van der Waals surface area contributed by atoms with E-state index in [0.29, 0.717) is 11.8 Å². The summed E-state index contributed by atoms with van der Waals surface area (Å²) in [5.74, 6) is -1.39. The van der Waals surface area contributed by atoms with Crippen LogP contribution in [0, 0.1) is 11.8 Å². The van der Waals surface area contributed by atoms with Crippen LogP contribution in [0.25, 0.3) is 0 Å². The minimum atomic E-state index is -1.37. The number of carbonyl (C=O) groups excluding carboxylic acids is 4. The minimum absolute atomic E-state index is 0.0625. The fraction of sp³-hybridized carbons (Fsp3) is 0.522. The van der Waals surface area contributed by atoms with E-state index in [2.05, 4.69) is 26.6 Å². The number of ether oxygens (including phenoxy) is 1. The maximum atomic E-state index is 12.8. The highest BCUT2D eigenvalue weighted by molar-refractivity contribution is 5.92. The number of rotatable bonds is 13. The standard InChI is InChI=1S/C23H32N6O7/c30-18(11-27-23(34)35)25-12-20(32)29-17(6-14-4-2-1-3-5-14)22(33)26-10-19(31)28-13-36-21-15-7-16(21)9-24-8-15/h1-5,15-17,21,24,27H,6-13H2,(H,25,30)(H,26,33)(H,28,31)(H,29,32)(H,34,35). The quantitative estimate of drug-likeness (QED) is 0.149. The number of piperidine rings is 2. The molecular formula is C23H32N6O7. The fourth-order valence-electron chi connectivity index (χ4n) is 4.24. The number of hydrogen-bond donors (Lipinski definition) is 7. The summed E-state index contributed by atoms with van der Waals surface area (Å²) in [4.78, 5) is 59.3. The van der Waals surface area contributed by atoms with Crippen molar-refractivity contribution in [2.75, 3.05) is 39.5 Å². The van der Waals surface area contributed by atoms with Crippen LogP contribution in [-0.2, 0) is 30.3 Å². The number of nitrogens with one attached hydrogen (secondary N) is 6. The number of hydrogen-bond acceptors (Lipinski definition) is 7. The molecule has 36 heavy (non-hydrogen) atoms. The van der Waals surface area contributed by atoms with E-state index in [1.54, 1.807) is 24.3 Å².